The summed E-state index contributed by atoms with van der Waals surface area (Å²) in [6.07, 6.45) is 5.75. The van der Waals surface area contributed by atoms with E-state index in [2.05, 4.69) is 26.1 Å². The van der Waals surface area contributed by atoms with Crippen LogP contribution in [0.2, 0.25) is 0 Å². The molecule has 0 saturated heterocycles. The zero-order valence-electron chi connectivity index (χ0n) is 8.77. The van der Waals surface area contributed by atoms with Crippen LogP contribution in [0.5, 0.6) is 0 Å². The van der Waals surface area contributed by atoms with E-state index in [0.29, 0.717) is 0 Å². The third kappa shape index (κ3) is 4.10. The van der Waals surface area contributed by atoms with E-state index in [9.17, 15) is 0 Å². The Morgan fingerprint density at radius 1 is 1.33 bits per heavy atom. The van der Waals surface area contributed by atoms with Gasteiger partial charge in [-0.2, -0.15) is 0 Å². The molecule has 12 heavy (non-hydrogen) atoms. The maximum absolute atomic E-state index is 3.59. The molecule has 1 N–H and O–H groups in total. The van der Waals surface area contributed by atoms with Crippen molar-refractivity contribution >= 4 is 0 Å². The van der Waals surface area contributed by atoms with Gasteiger partial charge in [-0.05, 0) is 31.2 Å². The van der Waals surface area contributed by atoms with E-state index >= 15 is 0 Å². The number of hydrogen-bond acceptors (Lipinski definition) is 1. The van der Waals surface area contributed by atoms with Gasteiger partial charge in [0.05, 0.1) is 0 Å². The molecule has 0 aromatic rings. The van der Waals surface area contributed by atoms with E-state index in [-0.39, 0.29) is 0 Å². The van der Waals surface area contributed by atoms with Gasteiger partial charge in [-0.3, -0.25) is 0 Å². The van der Waals surface area contributed by atoms with Gasteiger partial charge in [-0.1, -0.05) is 33.6 Å². The molecule has 0 aromatic carbocycles. The fourth-order valence-corrected chi connectivity index (χ4v) is 1.88. The summed E-state index contributed by atoms with van der Waals surface area (Å²) in [5.41, 5.74) is 0. The highest BCUT2D eigenvalue weighted by molar-refractivity contribution is 4.80. The summed E-state index contributed by atoms with van der Waals surface area (Å²) in [5, 5.41) is 3.59. The van der Waals surface area contributed by atoms with Gasteiger partial charge in [-0.25, -0.2) is 0 Å². The average molecular weight is 169 g/mol. The van der Waals surface area contributed by atoms with Crippen molar-refractivity contribution in [3.63, 3.8) is 0 Å². The molecule has 1 heteroatoms. The molecule has 0 aliphatic heterocycles. The summed E-state index contributed by atoms with van der Waals surface area (Å²) in [6.45, 7) is 7.97. The number of rotatable bonds is 6. The van der Waals surface area contributed by atoms with Crippen LogP contribution in [-0.4, -0.2) is 12.6 Å². The highest BCUT2D eigenvalue weighted by Crippen LogP contribution is 2.34. The van der Waals surface area contributed by atoms with E-state index in [0.717, 1.165) is 24.4 Å². The molecular formula is C11H23N. The molecule has 0 amide bonds. The first-order chi connectivity index (χ1) is 5.72. The summed E-state index contributed by atoms with van der Waals surface area (Å²) in [6, 6.07) is 0.794. The van der Waals surface area contributed by atoms with Crippen LogP contribution in [0.25, 0.3) is 0 Å². The summed E-state index contributed by atoms with van der Waals surface area (Å²) in [7, 11) is 0. The average Bonchev–Trinajstić information content (AvgIpc) is 2.70. The molecule has 1 atom stereocenters. The highest BCUT2D eigenvalue weighted by atomic mass is 14.9. The van der Waals surface area contributed by atoms with Gasteiger partial charge in [0.1, 0.15) is 0 Å². The van der Waals surface area contributed by atoms with Crippen molar-refractivity contribution in [2.45, 2.75) is 52.5 Å². The van der Waals surface area contributed by atoms with Gasteiger partial charge >= 0.3 is 0 Å². The third-order valence-corrected chi connectivity index (χ3v) is 2.56. The molecule has 1 unspecified atom stereocenters. The Hall–Kier alpha value is -0.0400. The second-order valence-corrected chi connectivity index (χ2v) is 4.56. The summed E-state index contributed by atoms with van der Waals surface area (Å²) in [5.74, 6) is 1.90. The Morgan fingerprint density at radius 2 is 2.00 bits per heavy atom. The molecule has 1 aliphatic carbocycles. The predicted molar refractivity (Wildman–Crippen MR) is 54.3 cm³/mol. The minimum Gasteiger partial charge on any atom is -0.314 e. The van der Waals surface area contributed by atoms with Gasteiger partial charge in [-0.15, -0.1) is 0 Å². The van der Waals surface area contributed by atoms with Gasteiger partial charge in [0.15, 0.2) is 0 Å². The quantitative estimate of drug-likeness (QED) is 0.644. The Balaban J connectivity index is 2.16. The minimum atomic E-state index is 0.794. The molecule has 0 radical (unpaired) electrons. The molecule has 1 fully saturated rings. The normalized spacial score (nSPS) is 20.0. The van der Waals surface area contributed by atoms with Crippen molar-refractivity contribution in [1.82, 2.24) is 5.32 Å². The molecule has 0 heterocycles. The first-order valence-corrected chi connectivity index (χ1v) is 5.45. The fraction of sp³-hybridized carbons (Fsp3) is 1.00. The molecule has 0 bridgehead atoms. The molecule has 1 nitrogen and oxygen atoms in total. The predicted octanol–water partition coefficient (Wildman–Crippen LogP) is 2.81. The van der Waals surface area contributed by atoms with Crippen LogP contribution in [0.15, 0.2) is 0 Å². The lowest BCUT2D eigenvalue weighted by Crippen LogP contribution is -2.30. The molecule has 0 spiro atoms. The number of nitrogens with one attached hydrogen (secondary N) is 1. The van der Waals surface area contributed by atoms with Crippen molar-refractivity contribution in [3.05, 3.63) is 0 Å². The van der Waals surface area contributed by atoms with Crippen LogP contribution in [-0.2, 0) is 0 Å². The highest BCUT2D eigenvalue weighted by Gasteiger charge is 2.25. The Labute approximate surface area is 76.9 Å². The van der Waals surface area contributed by atoms with Crippen LogP contribution in [0, 0.1) is 11.8 Å². The Bertz CT molecular complexity index is 112. The van der Waals surface area contributed by atoms with E-state index < -0.39 is 0 Å². The van der Waals surface area contributed by atoms with Crippen molar-refractivity contribution in [2.24, 2.45) is 11.8 Å². The van der Waals surface area contributed by atoms with E-state index in [1.165, 1.54) is 25.7 Å². The summed E-state index contributed by atoms with van der Waals surface area (Å²) in [4.78, 5) is 0. The molecular weight excluding hydrogens is 146 g/mol. The van der Waals surface area contributed by atoms with E-state index in [4.69, 9.17) is 0 Å². The second kappa shape index (κ2) is 4.86. The van der Waals surface area contributed by atoms with Crippen molar-refractivity contribution in [2.75, 3.05) is 6.54 Å². The number of hydrogen-bond donors (Lipinski definition) is 1. The van der Waals surface area contributed by atoms with E-state index in [1.807, 2.05) is 0 Å². The topological polar surface area (TPSA) is 12.0 Å². The SMILES string of the molecule is CCNC(CC(C)C)CC1CC1. The fourth-order valence-electron chi connectivity index (χ4n) is 1.88. The largest absolute Gasteiger partial charge is 0.314 e. The Kier molecular flexibility index (Phi) is 4.07. The monoisotopic (exact) mass is 169 g/mol. The lowest BCUT2D eigenvalue weighted by atomic mass is 9.99. The van der Waals surface area contributed by atoms with Crippen molar-refractivity contribution in [3.8, 4) is 0 Å². The first kappa shape index (κ1) is 10.0. The third-order valence-electron chi connectivity index (χ3n) is 2.56. The zero-order valence-corrected chi connectivity index (χ0v) is 8.77. The first-order valence-electron chi connectivity index (χ1n) is 5.45. The molecule has 72 valence electrons. The van der Waals surface area contributed by atoms with Crippen molar-refractivity contribution < 1.29 is 0 Å². The summed E-state index contributed by atoms with van der Waals surface area (Å²) < 4.78 is 0. The van der Waals surface area contributed by atoms with Gasteiger partial charge in [0.2, 0.25) is 0 Å². The lowest BCUT2D eigenvalue weighted by Gasteiger charge is -2.19. The van der Waals surface area contributed by atoms with Crippen LogP contribution < -0.4 is 5.32 Å². The zero-order chi connectivity index (χ0) is 8.97. The van der Waals surface area contributed by atoms with Gasteiger partial charge in [0, 0.05) is 6.04 Å². The minimum absolute atomic E-state index is 0.794. The van der Waals surface area contributed by atoms with Crippen LogP contribution >= 0.6 is 0 Å². The van der Waals surface area contributed by atoms with Crippen LogP contribution in [0.4, 0.5) is 0 Å². The van der Waals surface area contributed by atoms with Gasteiger partial charge in [0.25, 0.3) is 0 Å². The summed E-state index contributed by atoms with van der Waals surface area (Å²) >= 11 is 0. The lowest BCUT2D eigenvalue weighted by molar-refractivity contribution is 0.390. The maximum atomic E-state index is 3.59. The molecule has 1 aliphatic rings. The van der Waals surface area contributed by atoms with Crippen molar-refractivity contribution in [1.29, 1.82) is 0 Å². The van der Waals surface area contributed by atoms with Crippen LogP contribution in [0.3, 0.4) is 0 Å². The van der Waals surface area contributed by atoms with Crippen LogP contribution in [0.1, 0.15) is 46.5 Å². The molecule has 0 aromatic heterocycles. The molecule has 1 rings (SSSR count). The van der Waals surface area contributed by atoms with Gasteiger partial charge < -0.3 is 5.32 Å². The standard InChI is InChI=1S/C11H23N/c1-4-12-11(7-9(2)3)8-10-5-6-10/h9-12H,4-8H2,1-3H3. The second-order valence-electron chi connectivity index (χ2n) is 4.56. The molecule has 1 saturated carbocycles. The van der Waals surface area contributed by atoms with E-state index in [1.54, 1.807) is 0 Å². The maximum Gasteiger partial charge on any atom is 0.00720 e. The smallest absolute Gasteiger partial charge is 0.00720 e. The Morgan fingerprint density at radius 3 is 2.42 bits per heavy atom.